The first kappa shape index (κ1) is 12.8. The second kappa shape index (κ2) is 4.94. The van der Waals surface area contributed by atoms with Crippen LogP contribution in [0.25, 0.3) is 0 Å². The number of hydrogen-bond acceptors (Lipinski definition) is 3. The summed E-state index contributed by atoms with van der Waals surface area (Å²) in [5.41, 5.74) is 0. The molecule has 1 aliphatic heterocycles. The van der Waals surface area contributed by atoms with Gasteiger partial charge in [-0.25, -0.2) is 12.7 Å². The van der Waals surface area contributed by atoms with E-state index in [0.717, 1.165) is 32.1 Å². The zero-order chi connectivity index (χ0) is 12.5. The minimum absolute atomic E-state index is 0.00201. The first-order valence-corrected chi connectivity index (χ1v) is 8.07. The highest BCUT2D eigenvalue weighted by Gasteiger charge is 2.31. The van der Waals surface area contributed by atoms with Crippen LogP contribution in [0.1, 0.15) is 32.1 Å². The Kier molecular flexibility index (Phi) is 3.73. The first-order chi connectivity index (χ1) is 7.97. The summed E-state index contributed by atoms with van der Waals surface area (Å²) in [4.78, 5) is 11.9. The van der Waals surface area contributed by atoms with Gasteiger partial charge in [0.25, 0.3) is 0 Å². The molecule has 0 radical (unpaired) electrons. The van der Waals surface area contributed by atoms with E-state index in [1.165, 1.54) is 10.6 Å². The molecule has 2 rings (SSSR count). The van der Waals surface area contributed by atoms with Crippen molar-refractivity contribution in [1.82, 2.24) is 9.62 Å². The van der Waals surface area contributed by atoms with E-state index >= 15 is 0 Å². The van der Waals surface area contributed by atoms with E-state index in [2.05, 4.69) is 5.32 Å². The van der Waals surface area contributed by atoms with Crippen LogP contribution in [0.4, 0.5) is 0 Å². The van der Waals surface area contributed by atoms with Crippen LogP contribution in [0.5, 0.6) is 0 Å². The average molecular weight is 260 g/mol. The Morgan fingerprint density at radius 1 is 1.24 bits per heavy atom. The van der Waals surface area contributed by atoms with Crippen molar-refractivity contribution in [3.63, 3.8) is 0 Å². The number of carbonyl (C=O) groups is 1. The van der Waals surface area contributed by atoms with Crippen LogP contribution in [0, 0.1) is 5.92 Å². The van der Waals surface area contributed by atoms with Crippen molar-refractivity contribution in [2.24, 2.45) is 5.92 Å². The maximum absolute atomic E-state index is 11.9. The molecular formula is C11H20N2O3S. The second-order valence-electron chi connectivity index (χ2n) is 5.10. The van der Waals surface area contributed by atoms with E-state index in [0.29, 0.717) is 13.1 Å². The zero-order valence-electron chi connectivity index (χ0n) is 10.2. The average Bonchev–Trinajstić information content (AvgIpc) is 2.85. The second-order valence-corrected chi connectivity index (χ2v) is 7.08. The summed E-state index contributed by atoms with van der Waals surface area (Å²) in [5.74, 6) is 0.269. The van der Waals surface area contributed by atoms with Crippen molar-refractivity contribution in [3.8, 4) is 0 Å². The molecule has 6 heteroatoms. The van der Waals surface area contributed by atoms with Crippen molar-refractivity contribution >= 4 is 15.9 Å². The first-order valence-electron chi connectivity index (χ1n) is 6.22. The Hall–Kier alpha value is -0.620. The van der Waals surface area contributed by atoms with Gasteiger partial charge in [-0.15, -0.1) is 0 Å². The molecule has 0 aromatic rings. The van der Waals surface area contributed by atoms with E-state index in [-0.39, 0.29) is 17.9 Å². The third-order valence-electron chi connectivity index (χ3n) is 3.69. The van der Waals surface area contributed by atoms with E-state index in [9.17, 15) is 13.2 Å². The maximum Gasteiger partial charge on any atom is 0.223 e. The van der Waals surface area contributed by atoms with E-state index < -0.39 is 10.0 Å². The lowest BCUT2D eigenvalue weighted by molar-refractivity contribution is -0.125. The van der Waals surface area contributed by atoms with Gasteiger partial charge in [0.1, 0.15) is 0 Å². The molecule has 1 saturated carbocycles. The molecule has 17 heavy (non-hydrogen) atoms. The Morgan fingerprint density at radius 2 is 1.88 bits per heavy atom. The summed E-state index contributed by atoms with van der Waals surface area (Å²) in [6.45, 7) is 0.950. The van der Waals surface area contributed by atoms with Crippen LogP contribution in [-0.4, -0.2) is 44.0 Å². The SMILES string of the molecule is CS(=O)(=O)N1CCC(NC(=O)C2CCCC2)C1. The van der Waals surface area contributed by atoms with Crippen LogP contribution in [0.3, 0.4) is 0 Å². The van der Waals surface area contributed by atoms with Crippen molar-refractivity contribution in [3.05, 3.63) is 0 Å². The smallest absolute Gasteiger partial charge is 0.223 e. The van der Waals surface area contributed by atoms with Crippen molar-refractivity contribution < 1.29 is 13.2 Å². The third kappa shape index (κ3) is 3.19. The van der Waals surface area contributed by atoms with Gasteiger partial charge in [0, 0.05) is 25.0 Å². The molecule has 0 spiro atoms. The number of amides is 1. The lowest BCUT2D eigenvalue weighted by atomic mass is 10.1. The number of nitrogens with zero attached hydrogens (tertiary/aromatic N) is 1. The van der Waals surface area contributed by atoms with Crippen molar-refractivity contribution in [2.45, 2.75) is 38.1 Å². The summed E-state index contributed by atoms with van der Waals surface area (Å²) >= 11 is 0. The molecule has 1 atom stereocenters. The van der Waals surface area contributed by atoms with E-state index in [1.807, 2.05) is 0 Å². The molecule has 2 aliphatic rings. The number of hydrogen-bond donors (Lipinski definition) is 1. The molecule has 1 N–H and O–H groups in total. The molecule has 1 heterocycles. The summed E-state index contributed by atoms with van der Waals surface area (Å²) in [6.07, 6.45) is 6.18. The largest absolute Gasteiger partial charge is 0.352 e. The molecule has 1 unspecified atom stereocenters. The summed E-state index contributed by atoms with van der Waals surface area (Å²) < 4.78 is 24.1. The standard InChI is InChI=1S/C11H20N2O3S/c1-17(15,16)13-7-6-10(8-13)12-11(14)9-4-2-3-5-9/h9-10H,2-8H2,1H3,(H,12,14). The van der Waals surface area contributed by atoms with Crippen LogP contribution < -0.4 is 5.32 Å². The quantitative estimate of drug-likeness (QED) is 0.795. The fourth-order valence-corrected chi connectivity index (χ4v) is 3.54. The molecule has 98 valence electrons. The Bertz CT molecular complexity index is 388. The van der Waals surface area contributed by atoms with E-state index in [4.69, 9.17) is 0 Å². The van der Waals surface area contributed by atoms with Crippen molar-refractivity contribution in [1.29, 1.82) is 0 Å². The topological polar surface area (TPSA) is 66.5 Å². The van der Waals surface area contributed by atoms with Crippen LogP contribution in [-0.2, 0) is 14.8 Å². The fourth-order valence-electron chi connectivity index (χ4n) is 2.65. The predicted molar refractivity (Wildman–Crippen MR) is 64.9 cm³/mol. The van der Waals surface area contributed by atoms with Gasteiger partial charge in [0.05, 0.1) is 6.26 Å². The Labute approximate surface area is 103 Å². The molecule has 5 nitrogen and oxygen atoms in total. The van der Waals surface area contributed by atoms with Gasteiger partial charge in [0.15, 0.2) is 0 Å². The maximum atomic E-state index is 11.9. The molecular weight excluding hydrogens is 240 g/mol. The number of nitrogens with one attached hydrogen (secondary N) is 1. The molecule has 0 aromatic carbocycles. The lowest BCUT2D eigenvalue weighted by Crippen LogP contribution is -2.40. The number of carbonyl (C=O) groups excluding carboxylic acids is 1. The number of rotatable bonds is 3. The highest BCUT2D eigenvalue weighted by Crippen LogP contribution is 2.25. The minimum Gasteiger partial charge on any atom is -0.352 e. The fraction of sp³-hybridized carbons (Fsp3) is 0.909. The molecule has 1 aliphatic carbocycles. The molecule has 1 saturated heterocycles. The molecule has 0 bridgehead atoms. The third-order valence-corrected chi connectivity index (χ3v) is 4.96. The molecule has 2 fully saturated rings. The Balaban J connectivity index is 1.83. The van der Waals surface area contributed by atoms with Gasteiger partial charge < -0.3 is 5.32 Å². The van der Waals surface area contributed by atoms with Gasteiger partial charge >= 0.3 is 0 Å². The highest BCUT2D eigenvalue weighted by atomic mass is 32.2. The summed E-state index contributed by atoms with van der Waals surface area (Å²) in [5, 5.41) is 2.98. The zero-order valence-corrected chi connectivity index (χ0v) is 11.0. The van der Waals surface area contributed by atoms with Crippen LogP contribution in [0.15, 0.2) is 0 Å². The molecule has 0 aromatic heterocycles. The van der Waals surface area contributed by atoms with Crippen LogP contribution >= 0.6 is 0 Å². The predicted octanol–water partition coefficient (Wildman–Crippen LogP) is 0.327. The summed E-state index contributed by atoms with van der Waals surface area (Å²) in [6, 6.07) is -0.00201. The van der Waals surface area contributed by atoms with E-state index in [1.54, 1.807) is 0 Å². The normalized spacial score (nSPS) is 27.5. The monoisotopic (exact) mass is 260 g/mol. The lowest BCUT2D eigenvalue weighted by Gasteiger charge is -2.16. The van der Waals surface area contributed by atoms with Gasteiger partial charge in [-0.3, -0.25) is 4.79 Å². The van der Waals surface area contributed by atoms with Crippen LogP contribution in [0.2, 0.25) is 0 Å². The van der Waals surface area contributed by atoms with Gasteiger partial charge in [-0.2, -0.15) is 0 Å². The molecule has 1 amide bonds. The number of sulfonamides is 1. The van der Waals surface area contributed by atoms with Gasteiger partial charge in [-0.05, 0) is 19.3 Å². The van der Waals surface area contributed by atoms with Crippen molar-refractivity contribution in [2.75, 3.05) is 19.3 Å². The van der Waals surface area contributed by atoms with Gasteiger partial charge in [-0.1, -0.05) is 12.8 Å². The Morgan fingerprint density at radius 3 is 2.41 bits per heavy atom. The highest BCUT2D eigenvalue weighted by molar-refractivity contribution is 7.88. The minimum atomic E-state index is -3.11. The van der Waals surface area contributed by atoms with Gasteiger partial charge in [0.2, 0.25) is 15.9 Å². The summed E-state index contributed by atoms with van der Waals surface area (Å²) in [7, 11) is -3.11.